The van der Waals surface area contributed by atoms with E-state index in [9.17, 15) is 18.4 Å². The largest absolute Gasteiger partial charge is 0.422 e. The Hall–Kier alpha value is -4.42. The molecular formula is C29H23Cl2F2N7O3. The number of benzene rings is 1. The summed E-state index contributed by atoms with van der Waals surface area (Å²) < 4.78 is 35.7. The molecule has 0 saturated carbocycles. The Morgan fingerprint density at radius 3 is 2.67 bits per heavy atom. The van der Waals surface area contributed by atoms with E-state index in [0.717, 1.165) is 0 Å². The van der Waals surface area contributed by atoms with Gasteiger partial charge in [-0.3, -0.25) is 9.78 Å². The fourth-order valence-electron chi connectivity index (χ4n) is 5.25. The van der Waals surface area contributed by atoms with Crippen LogP contribution in [0, 0.1) is 5.92 Å². The minimum Gasteiger partial charge on any atom is -0.422 e. The van der Waals surface area contributed by atoms with Gasteiger partial charge in [0.1, 0.15) is 5.76 Å². The first kappa shape index (κ1) is 28.7. The predicted octanol–water partition coefficient (Wildman–Crippen LogP) is 6.74. The van der Waals surface area contributed by atoms with Crippen molar-refractivity contribution in [2.24, 2.45) is 5.92 Å². The first-order valence-corrected chi connectivity index (χ1v) is 14.1. The van der Waals surface area contributed by atoms with Gasteiger partial charge in [0.25, 0.3) is 0 Å². The lowest BCUT2D eigenvalue weighted by molar-refractivity contribution is -0.119. The molecule has 1 N–H and O–H groups in total. The maximum absolute atomic E-state index is 13.9. The molecule has 4 aromatic heterocycles. The van der Waals surface area contributed by atoms with Gasteiger partial charge < -0.3 is 9.73 Å². The third-order valence-corrected chi connectivity index (χ3v) is 7.80. The number of pyridine rings is 1. The molecule has 10 nitrogen and oxygen atoms in total. The van der Waals surface area contributed by atoms with Crippen molar-refractivity contribution >= 4 is 34.8 Å². The zero-order valence-corrected chi connectivity index (χ0v) is 24.1. The first-order valence-electron chi connectivity index (χ1n) is 13.3. The van der Waals surface area contributed by atoms with E-state index < -0.39 is 24.0 Å². The van der Waals surface area contributed by atoms with Crippen LogP contribution in [0.5, 0.6) is 0 Å². The lowest BCUT2D eigenvalue weighted by atomic mass is 9.88. The van der Waals surface area contributed by atoms with Crippen LogP contribution in [0.1, 0.15) is 49.9 Å². The number of rotatable bonds is 4. The summed E-state index contributed by atoms with van der Waals surface area (Å²) in [5.74, 6) is -1.03. The number of aromatic nitrogens is 6. The van der Waals surface area contributed by atoms with Gasteiger partial charge in [0.05, 0.1) is 29.5 Å². The molecule has 2 atom stereocenters. The van der Waals surface area contributed by atoms with Crippen molar-refractivity contribution in [1.82, 2.24) is 29.8 Å². The monoisotopic (exact) mass is 625 g/mol. The highest BCUT2D eigenvalue weighted by atomic mass is 35.5. The summed E-state index contributed by atoms with van der Waals surface area (Å²) in [4.78, 5) is 31.0. The van der Waals surface area contributed by atoms with Crippen molar-refractivity contribution in [3.8, 4) is 28.3 Å². The van der Waals surface area contributed by atoms with Crippen molar-refractivity contribution in [2.75, 3.05) is 5.32 Å². The van der Waals surface area contributed by atoms with E-state index in [1.807, 2.05) is 0 Å². The predicted molar refractivity (Wildman–Crippen MR) is 156 cm³/mol. The maximum atomic E-state index is 13.9. The van der Waals surface area contributed by atoms with Crippen LogP contribution in [0.3, 0.4) is 0 Å². The van der Waals surface area contributed by atoms with Gasteiger partial charge in [-0.2, -0.15) is 13.9 Å². The normalized spacial score (nSPS) is 17.2. The van der Waals surface area contributed by atoms with Gasteiger partial charge in [-0.25, -0.2) is 14.2 Å². The Morgan fingerprint density at radius 2 is 1.93 bits per heavy atom. The van der Waals surface area contributed by atoms with Crippen LogP contribution in [0.4, 0.5) is 14.5 Å². The third kappa shape index (κ3) is 5.67. The molecular weight excluding hydrogens is 603 g/mol. The van der Waals surface area contributed by atoms with Gasteiger partial charge in [-0.05, 0) is 55.3 Å². The molecule has 1 aliphatic heterocycles. The Balaban J connectivity index is 1.45. The van der Waals surface area contributed by atoms with Crippen LogP contribution >= 0.6 is 23.2 Å². The average Bonchev–Trinajstić information content (AvgIpc) is 3.61. The number of nitrogens with zero attached hydrogens (tertiary/aromatic N) is 6. The molecule has 0 unspecified atom stereocenters. The number of amides is 1. The zero-order chi connectivity index (χ0) is 30.2. The van der Waals surface area contributed by atoms with Gasteiger partial charge in [0.15, 0.2) is 5.15 Å². The number of hydrogen-bond donors (Lipinski definition) is 1. The fraction of sp³-hybridized carbons (Fsp3) is 0.241. The molecule has 5 aromatic rings. The van der Waals surface area contributed by atoms with Crippen LogP contribution in [-0.4, -0.2) is 35.7 Å². The molecule has 0 radical (unpaired) electrons. The van der Waals surface area contributed by atoms with E-state index in [2.05, 4.69) is 25.7 Å². The molecule has 0 aliphatic carbocycles. The highest BCUT2D eigenvalue weighted by Gasteiger charge is 2.27. The molecule has 1 aliphatic rings. The van der Waals surface area contributed by atoms with Crippen molar-refractivity contribution in [3.63, 3.8) is 0 Å². The second-order valence-electron chi connectivity index (χ2n) is 10.2. The van der Waals surface area contributed by atoms with Gasteiger partial charge >= 0.3 is 12.2 Å². The average molecular weight is 626 g/mol. The first-order chi connectivity index (χ1) is 20.7. The van der Waals surface area contributed by atoms with Crippen LogP contribution in [0.2, 0.25) is 10.2 Å². The Morgan fingerprint density at radius 1 is 1.09 bits per heavy atom. The van der Waals surface area contributed by atoms with Crippen molar-refractivity contribution in [1.29, 1.82) is 0 Å². The smallest absolute Gasteiger partial charge is 0.340 e. The standard InChI is InChI=1S/C29H23Cl2F2N7O3/c1-15-3-2-4-18(21-11-16(9-10-34-21)26-22(36-27(15)41)13-35-40(26)29(32)33)19-6-8-24(43-28(19)42)20-12-17(30)5-7-23(20)39-14-25(31)37-38-39/h5-15,18,29H,2-4H2,1H3,(H,36,41)/t15-,18+/m1/s1. The van der Waals surface area contributed by atoms with Crippen LogP contribution in [0.25, 0.3) is 28.3 Å². The topological polar surface area (TPSA) is 121 Å². The summed E-state index contributed by atoms with van der Waals surface area (Å²) in [6, 6.07) is 11.5. The second-order valence-corrected chi connectivity index (χ2v) is 11.0. The number of hydrogen-bond acceptors (Lipinski definition) is 7. The fourth-order valence-corrected chi connectivity index (χ4v) is 5.55. The lowest BCUT2D eigenvalue weighted by Gasteiger charge is -2.20. The van der Waals surface area contributed by atoms with E-state index in [0.29, 0.717) is 57.0 Å². The van der Waals surface area contributed by atoms with Crippen molar-refractivity contribution < 1.29 is 18.0 Å². The third-order valence-electron chi connectivity index (χ3n) is 7.39. The highest BCUT2D eigenvalue weighted by Crippen LogP contribution is 2.37. The van der Waals surface area contributed by atoms with E-state index in [1.54, 1.807) is 49.4 Å². The van der Waals surface area contributed by atoms with Crippen molar-refractivity contribution in [3.05, 3.63) is 92.9 Å². The van der Waals surface area contributed by atoms with E-state index in [4.69, 9.17) is 27.6 Å². The summed E-state index contributed by atoms with van der Waals surface area (Å²) in [7, 11) is 0. The molecule has 2 bridgehead atoms. The molecule has 0 fully saturated rings. The number of fused-ring (bicyclic) bond motifs is 4. The van der Waals surface area contributed by atoms with Gasteiger partial charge in [-0.15, -0.1) is 5.10 Å². The number of halogens is 4. The number of nitrogens with one attached hydrogen (secondary N) is 1. The molecule has 220 valence electrons. The number of anilines is 1. The Kier molecular flexibility index (Phi) is 7.80. The summed E-state index contributed by atoms with van der Waals surface area (Å²) in [6.07, 6.45) is 5.74. The number of alkyl halides is 2. The highest BCUT2D eigenvalue weighted by molar-refractivity contribution is 6.31. The summed E-state index contributed by atoms with van der Waals surface area (Å²) in [5.41, 5.74) is 1.83. The summed E-state index contributed by atoms with van der Waals surface area (Å²) >= 11 is 12.2. The van der Waals surface area contributed by atoms with Crippen molar-refractivity contribution in [2.45, 2.75) is 38.7 Å². The molecule has 1 amide bonds. The lowest BCUT2D eigenvalue weighted by Crippen LogP contribution is -2.22. The van der Waals surface area contributed by atoms with Gasteiger partial charge in [0, 0.05) is 45.4 Å². The molecule has 1 aromatic carbocycles. The minimum atomic E-state index is -2.94. The molecule has 6 rings (SSSR count). The number of carbonyl (C=O) groups excluding carboxylic acids is 1. The molecule has 14 heteroatoms. The summed E-state index contributed by atoms with van der Waals surface area (Å²) in [5, 5.41) is 15.0. The van der Waals surface area contributed by atoms with Crippen LogP contribution < -0.4 is 10.9 Å². The number of carbonyl (C=O) groups is 1. The van der Waals surface area contributed by atoms with E-state index in [1.165, 1.54) is 23.3 Å². The van der Waals surface area contributed by atoms with Gasteiger partial charge in [-0.1, -0.05) is 41.8 Å². The molecule has 5 heterocycles. The maximum Gasteiger partial charge on any atom is 0.340 e. The summed E-state index contributed by atoms with van der Waals surface area (Å²) in [6.45, 7) is -1.18. The zero-order valence-electron chi connectivity index (χ0n) is 22.5. The molecule has 0 saturated heterocycles. The SMILES string of the molecule is C[C@@H]1CCC[C@@H](c2ccc(-c3cc(Cl)ccc3-n3cc(Cl)nn3)oc2=O)c2cc(ccn2)-c2c(cnn2C(F)F)NC1=O. The Bertz CT molecular complexity index is 1890. The van der Waals surface area contributed by atoms with Crippen LogP contribution in [0.15, 0.2) is 70.3 Å². The van der Waals surface area contributed by atoms with E-state index in [-0.39, 0.29) is 28.2 Å². The minimum absolute atomic E-state index is 0.0441. The quantitative estimate of drug-likeness (QED) is 0.235. The van der Waals surface area contributed by atoms with E-state index >= 15 is 0 Å². The molecule has 43 heavy (non-hydrogen) atoms. The van der Waals surface area contributed by atoms with Crippen LogP contribution in [-0.2, 0) is 4.79 Å². The second kappa shape index (κ2) is 11.7. The Labute approximate surface area is 253 Å². The van der Waals surface area contributed by atoms with Gasteiger partial charge in [0.2, 0.25) is 5.91 Å². The molecule has 0 spiro atoms.